The van der Waals surface area contributed by atoms with Gasteiger partial charge in [-0.15, -0.1) is 0 Å². The van der Waals surface area contributed by atoms with Crippen LogP contribution < -0.4 is 22.1 Å². The summed E-state index contributed by atoms with van der Waals surface area (Å²) in [6.07, 6.45) is 1.02. The van der Waals surface area contributed by atoms with Gasteiger partial charge in [-0.1, -0.05) is 20.3 Å². The highest BCUT2D eigenvalue weighted by Crippen LogP contribution is 2.20. The summed E-state index contributed by atoms with van der Waals surface area (Å²) in [5, 5.41) is 22.4. The van der Waals surface area contributed by atoms with E-state index >= 15 is 0 Å². The van der Waals surface area contributed by atoms with Crippen LogP contribution in [0.15, 0.2) is 0 Å². The molecule has 1 heterocycles. The maximum Gasteiger partial charge on any atom is 0.328 e. The molecule has 0 radical (unpaired) electrons. The monoisotopic (exact) mass is 429 g/mol. The van der Waals surface area contributed by atoms with E-state index in [1.807, 2.05) is 19.2 Å². The number of likely N-dealkylation sites (tertiary alicyclic amines) is 1. The second-order valence-corrected chi connectivity index (χ2v) is 7.41. The summed E-state index contributed by atoms with van der Waals surface area (Å²) in [6.45, 7) is 3.19. The third-order valence-corrected chi connectivity index (χ3v) is 5.22. The van der Waals surface area contributed by atoms with Crippen LogP contribution in [0.2, 0.25) is 0 Å². The van der Waals surface area contributed by atoms with Gasteiger partial charge in [0.15, 0.2) is 0 Å². The molecule has 170 valence electrons. The highest BCUT2D eigenvalue weighted by Gasteiger charge is 2.39. The number of primary amides is 1. The Balaban J connectivity index is 2.91. The van der Waals surface area contributed by atoms with Gasteiger partial charge in [-0.25, -0.2) is 4.79 Å². The molecule has 1 aliphatic rings. The number of aliphatic hydroxyl groups excluding tert-OH is 1. The minimum Gasteiger partial charge on any atom is -0.480 e. The van der Waals surface area contributed by atoms with Crippen LogP contribution in [0.4, 0.5) is 0 Å². The van der Waals surface area contributed by atoms with E-state index in [-0.39, 0.29) is 11.8 Å². The smallest absolute Gasteiger partial charge is 0.328 e. The first-order valence-corrected chi connectivity index (χ1v) is 9.82. The number of nitrogens with two attached hydrogens (primary N) is 2. The Labute approximate surface area is 174 Å². The van der Waals surface area contributed by atoms with Crippen molar-refractivity contribution in [2.75, 3.05) is 13.2 Å². The average Bonchev–Trinajstić information content (AvgIpc) is 3.18. The lowest BCUT2D eigenvalue weighted by atomic mass is 9.98. The number of carboxylic acids is 1. The van der Waals surface area contributed by atoms with Crippen molar-refractivity contribution >= 4 is 29.6 Å². The summed E-state index contributed by atoms with van der Waals surface area (Å²) in [5.41, 5.74) is 11.1. The third-order valence-electron chi connectivity index (χ3n) is 5.22. The number of aliphatic hydroxyl groups is 1. The summed E-state index contributed by atoms with van der Waals surface area (Å²) < 4.78 is 0. The molecule has 0 aromatic carbocycles. The largest absolute Gasteiger partial charge is 0.480 e. The van der Waals surface area contributed by atoms with Crippen LogP contribution in [0.1, 0.15) is 39.5 Å². The molecule has 5 unspecified atom stereocenters. The first-order valence-electron chi connectivity index (χ1n) is 9.82. The molecule has 1 rings (SSSR count). The van der Waals surface area contributed by atoms with Crippen LogP contribution in [0, 0.1) is 5.92 Å². The van der Waals surface area contributed by atoms with Crippen LogP contribution in [0.25, 0.3) is 0 Å². The summed E-state index contributed by atoms with van der Waals surface area (Å²) >= 11 is 0. The van der Waals surface area contributed by atoms with Crippen molar-refractivity contribution in [1.82, 2.24) is 15.5 Å². The van der Waals surface area contributed by atoms with Crippen molar-refractivity contribution < 1.29 is 34.2 Å². The quantitative estimate of drug-likeness (QED) is 0.203. The van der Waals surface area contributed by atoms with Crippen molar-refractivity contribution in [3.8, 4) is 0 Å². The molecule has 4 amide bonds. The molecule has 0 aromatic heterocycles. The fourth-order valence-electron chi connectivity index (χ4n) is 3.13. The molecule has 8 N–H and O–H groups in total. The summed E-state index contributed by atoms with van der Waals surface area (Å²) in [6, 6.07) is -4.70. The number of carboxylic acid groups (broad SMARTS) is 1. The first kappa shape index (κ1) is 25.3. The predicted octanol–water partition coefficient (Wildman–Crippen LogP) is -2.73. The van der Waals surface area contributed by atoms with Gasteiger partial charge in [-0.05, 0) is 18.8 Å². The second kappa shape index (κ2) is 11.5. The molecule has 12 heteroatoms. The Kier molecular flexibility index (Phi) is 9.66. The molecule has 5 atom stereocenters. The van der Waals surface area contributed by atoms with Gasteiger partial charge in [0.1, 0.15) is 18.1 Å². The fraction of sp³-hybridized carbons (Fsp3) is 0.722. The van der Waals surface area contributed by atoms with Gasteiger partial charge < -0.3 is 37.2 Å². The van der Waals surface area contributed by atoms with Crippen LogP contribution in [0.3, 0.4) is 0 Å². The zero-order valence-corrected chi connectivity index (χ0v) is 17.2. The number of hydrogen-bond donors (Lipinski definition) is 6. The highest BCUT2D eigenvalue weighted by atomic mass is 16.4. The van der Waals surface area contributed by atoms with Crippen LogP contribution >= 0.6 is 0 Å². The van der Waals surface area contributed by atoms with Gasteiger partial charge >= 0.3 is 5.97 Å². The number of hydrogen-bond acceptors (Lipinski definition) is 7. The summed E-state index contributed by atoms with van der Waals surface area (Å²) in [7, 11) is 0. The SMILES string of the molecule is CCC(C)C(N)C(=O)N1CCCC1C(=O)NC(CC(N)=O)C(=O)NC(CO)C(=O)O. The van der Waals surface area contributed by atoms with E-state index in [2.05, 4.69) is 5.32 Å². The minimum atomic E-state index is -1.61. The molecule has 1 aliphatic heterocycles. The minimum absolute atomic E-state index is 0.0818. The molecule has 0 saturated carbocycles. The Morgan fingerprint density at radius 3 is 2.30 bits per heavy atom. The lowest BCUT2D eigenvalue weighted by molar-refractivity contribution is -0.144. The third kappa shape index (κ3) is 6.66. The molecule has 1 fully saturated rings. The molecule has 0 aliphatic carbocycles. The molecule has 0 aromatic rings. The van der Waals surface area contributed by atoms with E-state index < -0.39 is 60.9 Å². The molecule has 0 bridgehead atoms. The average molecular weight is 429 g/mol. The number of amides is 4. The van der Waals surface area contributed by atoms with Crippen molar-refractivity contribution in [2.24, 2.45) is 17.4 Å². The van der Waals surface area contributed by atoms with Crippen LogP contribution in [-0.4, -0.2) is 82.0 Å². The van der Waals surface area contributed by atoms with Crippen molar-refractivity contribution in [2.45, 2.75) is 63.7 Å². The second-order valence-electron chi connectivity index (χ2n) is 7.41. The standard InChI is InChI=1S/C18H31N5O7/c1-3-9(2)14(20)17(28)23-6-4-5-12(23)16(27)21-10(7-13(19)25)15(26)22-11(8-24)18(29)30/h9-12,14,24H,3-8,20H2,1-2H3,(H2,19,25)(H,21,27)(H,22,26)(H,29,30). The van der Waals surface area contributed by atoms with Crippen molar-refractivity contribution in [3.05, 3.63) is 0 Å². The van der Waals surface area contributed by atoms with Crippen LogP contribution in [0.5, 0.6) is 0 Å². The van der Waals surface area contributed by atoms with E-state index in [0.717, 1.165) is 0 Å². The number of carbonyl (C=O) groups is 5. The lowest BCUT2D eigenvalue weighted by Crippen LogP contribution is -2.58. The summed E-state index contributed by atoms with van der Waals surface area (Å²) in [5.74, 6) is -4.50. The number of nitrogens with zero attached hydrogens (tertiary/aromatic N) is 1. The molecule has 12 nitrogen and oxygen atoms in total. The molecule has 1 saturated heterocycles. The Bertz CT molecular complexity index is 671. The number of nitrogens with one attached hydrogen (secondary N) is 2. The molecule has 30 heavy (non-hydrogen) atoms. The molecular weight excluding hydrogens is 398 g/mol. The topological polar surface area (TPSA) is 205 Å². The number of rotatable bonds is 11. The molecule has 0 spiro atoms. The van der Waals surface area contributed by atoms with E-state index in [4.69, 9.17) is 21.7 Å². The van der Waals surface area contributed by atoms with Gasteiger partial charge in [0.05, 0.1) is 19.1 Å². The van der Waals surface area contributed by atoms with Gasteiger partial charge in [0.25, 0.3) is 0 Å². The van der Waals surface area contributed by atoms with Crippen molar-refractivity contribution in [3.63, 3.8) is 0 Å². The first-order chi connectivity index (χ1) is 14.0. The van der Waals surface area contributed by atoms with E-state index in [0.29, 0.717) is 25.8 Å². The molecular formula is C18H31N5O7. The predicted molar refractivity (Wildman–Crippen MR) is 105 cm³/mol. The number of aliphatic carboxylic acids is 1. The van der Waals surface area contributed by atoms with Gasteiger partial charge in [-0.3, -0.25) is 19.2 Å². The maximum atomic E-state index is 12.8. The Morgan fingerprint density at radius 1 is 1.17 bits per heavy atom. The Morgan fingerprint density at radius 2 is 1.80 bits per heavy atom. The maximum absolute atomic E-state index is 12.8. The van der Waals surface area contributed by atoms with Crippen LogP contribution in [-0.2, 0) is 24.0 Å². The van der Waals surface area contributed by atoms with E-state index in [1.165, 1.54) is 4.90 Å². The Hall–Kier alpha value is -2.73. The highest BCUT2D eigenvalue weighted by molar-refractivity contribution is 5.96. The number of carbonyl (C=O) groups excluding carboxylic acids is 4. The van der Waals surface area contributed by atoms with Gasteiger partial charge in [0.2, 0.25) is 23.6 Å². The summed E-state index contributed by atoms with van der Waals surface area (Å²) in [4.78, 5) is 61.5. The van der Waals surface area contributed by atoms with Gasteiger partial charge in [0, 0.05) is 6.54 Å². The fourth-order valence-corrected chi connectivity index (χ4v) is 3.13. The lowest BCUT2D eigenvalue weighted by Gasteiger charge is -2.30. The van der Waals surface area contributed by atoms with E-state index in [9.17, 15) is 24.0 Å². The normalized spacial score (nSPS) is 20.0. The van der Waals surface area contributed by atoms with Gasteiger partial charge in [-0.2, -0.15) is 0 Å². The zero-order chi connectivity index (χ0) is 23.0. The van der Waals surface area contributed by atoms with Crippen molar-refractivity contribution in [1.29, 1.82) is 0 Å². The zero-order valence-electron chi connectivity index (χ0n) is 17.2. The van der Waals surface area contributed by atoms with E-state index in [1.54, 1.807) is 0 Å².